The van der Waals surface area contributed by atoms with E-state index in [0.29, 0.717) is 12.8 Å². The highest BCUT2D eigenvalue weighted by Crippen LogP contribution is 2.04. The number of esters is 1. The van der Waals surface area contributed by atoms with Gasteiger partial charge in [-0.15, -0.1) is 0 Å². The molecule has 0 radical (unpaired) electrons. The van der Waals surface area contributed by atoms with Crippen molar-refractivity contribution in [2.24, 2.45) is 0 Å². The second kappa shape index (κ2) is 8.69. The number of hydrogen-bond donors (Lipinski definition) is 0. The molecule has 0 saturated carbocycles. The maximum atomic E-state index is 10.9. The number of Topliss-reactive ketones (excluding diaryl/α,β-unsaturated/α-hetero) is 1. The smallest absolute Gasteiger partial charge is 0.307 e. The van der Waals surface area contributed by atoms with E-state index in [1.165, 1.54) is 7.11 Å². The van der Waals surface area contributed by atoms with Crippen LogP contribution in [0.1, 0.15) is 39.0 Å². The normalized spacial score (nSPS) is 9.86. The summed E-state index contributed by atoms with van der Waals surface area (Å²) in [7, 11) is 1.47. The van der Waals surface area contributed by atoms with Gasteiger partial charge in [-0.3, -0.25) is 4.79 Å². The molecule has 0 aliphatic rings. The summed E-state index contributed by atoms with van der Waals surface area (Å²) < 4.78 is 9.27. The molecule has 4 nitrogen and oxygen atoms in total. The van der Waals surface area contributed by atoms with Crippen LogP contribution >= 0.6 is 0 Å². The van der Waals surface area contributed by atoms with E-state index < -0.39 is 0 Å². The van der Waals surface area contributed by atoms with Crippen molar-refractivity contribution >= 4 is 11.8 Å². The van der Waals surface area contributed by atoms with E-state index in [-0.39, 0.29) is 18.5 Å². The molecule has 82 valence electrons. The fourth-order valence-electron chi connectivity index (χ4n) is 1.02. The third-order valence-corrected chi connectivity index (χ3v) is 1.75. The van der Waals surface area contributed by atoms with E-state index in [0.717, 1.165) is 19.3 Å². The summed E-state index contributed by atoms with van der Waals surface area (Å²) in [5, 5.41) is 0. The number of rotatable bonds is 8. The fraction of sp³-hybridized carbons (Fsp3) is 0.800. The molecule has 0 amide bonds. The molecule has 0 rings (SSSR count). The summed E-state index contributed by atoms with van der Waals surface area (Å²) in [6.07, 6.45) is 3.53. The van der Waals surface area contributed by atoms with E-state index in [9.17, 15) is 9.59 Å². The second-order valence-corrected chi connectivity index (χ2v) is 3.19. The van der Waals surface area contributed by atoms with Crippen molar-refractivity contribution in [3.63, 3.8) is 0 Å². The lowest BCUT2D eigenvalue weighted by Gasteiger charge is -2.02. The van der Waals surface area contributed by atoms with Gasteiger partial charge in [-0.2, -0.15) is 0 Å². The van der Waals surface area contributed by atoms with Crippen LogP contribution in [-0.2, 0) is 19.1 Å². The summed E-state index contributed by atoms with van der Waals surface area (Å²) in [5.41, 5.74) is 0. The molecule has 0 aromatic rings. The van der Waals surface area contributed by atoms with Gasteiger partial charge in [0.15, 0.2) is 6.79 Å². The molecule has 0 bridgehead atoms. The van der Waals surface area contributed by atoms with Gasteiger partial charge in [-0.25, -0.2) is 0 Å². The Morgan fingerprint density at radius 1 is 1.07 bits per heavy atom. The highest BCUT2D eigenvalue weighted by Gasteiger charge is 2.01. The first-order valence-corrected chi connectivity index (χ1v) is 4.81. The average Bonchev–Trinajstić information content (AvgIpc) is 2.13. The van der Waals surface area contributed by atoms with Crippen molar-refractivity contribution < 1.29 is 19.1 Å². The van der Waals surface area contributed by atoms with Gasteiger partial charge >= 0.3 is 5.97 Å². The summed E-state index contributed by atoms with van der Waals surface area (Å²) in [6, 6.07) is 0. The Balaban J connectivity index is 3.19. The molecular formula is C10H18O4. The van der Waals surface area contributed by atoms with Crippen LogP contribution < -0.4 is 0 Å². The Bertz CT molecular complexity index is 177. The summed E-state index contributed by atoms with van der Waals surface area (Å²) >= 11 is 0. The van der Waals surface area contributed by atoms with Gasteiger partial charge in [0.05, 0.1) is 0 Å². The molecular weight excluding hydrogens is 184 g/mol. The van der Waals surface area contributed by atoms with Crippen LogP contribution in [0.4, 0.5) is 0 Å². The van der Waals surface area contributed by atoms with Crippen LogP contribution in [0.25, 0.3) is 0 Å². The molecule has 14 heavy (non-hydrogen) atoms. The summed E-state index contributed by atoms with van der Waals surface area (Å²) in [6.45, 7) is 1.60. The van der Waals surface area contributed by atoms with Gasteiger partial charge in [-0.1, -0.05) is 6.42 Å². The topological polar surface area (TPSA) is 52.6 Å². The standard InChI is InChI=1S/C10H18O4/c1-9(11)6-4-3-5-7-10(12)14-8-13-2/h3-8H2,1-2H3. The highest BCUT2D eigenvalue weighted by molar-refractivity contribution is 5.75. The van der Waals surface area contributed by atoms with Gasteiger partial charge in [0.2, 0.25) is 0 Å². The number of carbonyl (C=O) groups is 2. The predicted molar refractivity (Wildman–Crippen MR) is 51.7 cm³/mol. The van der Waals surface area contributed by atoms with Crippen molar-refractivity contribution in [2.75, 3.05) is 13.9 Å². The minimum absolute atomic E-state index is 0.0201. The number of ether oxygens (including phenoxy) is 2. The van der Waals surface area contributed by atoms with E-state index >= 15 is 0 Å². The molecule has 0 saturated heterocycles. The molecule has 0 aromatic carbocycles. The van der Waals surface area contributed by atoms with E-state index in [2.05, 4.69) is 4.74 Å². The van der Waals surface area contributed by atoms with Crippen LogP contribution in [0.5, 0.6) is 0 Å². The van der Waals surface area contributed by atoms with Gasteiger partial charge < -0.3 is 14.3 Å². The quantitative estimate of drug-likeness (QED) is 0.341. The Kier molecular flexibility index (Phi) is 8.13. The lowest BCUT2D eigenvalue weighted by Crippen LogP contribution is -2.06. The monoisotopic (exact) mass is 202 g/mol. The van der Waals surface area contributed by atoms with Crippen LogP contribution in [0.2, 0.25) is 0 Å². The van der Waals surface area contributed by atoms with Gasteiger partial charge in [-0.05, 0) is 19.8 Å². The van der Waals surface area contributed by atoms with Gasteiger partial charge in [0, 0.05) is 20.0 Å². The first-order valence-electron chi connectivity index (χ1n) is 4.81. The summed E-state index contributed by atoms with van der Waals surface area (Å²) in [5.74, 6) is -0.0402. The lowest BCUT2D eigenvalue weighted by molar-refractivity contribution is -0.154. The lowest BCUT2D eigenvalue weighted by atomic mass is 10.1. The predicted octanol–water partition coefficient (Wildman–Crippen LogP) is 1.67. The van der Waals surface area contributed by atoms with Crippen LogP contribution in [0.15, 0.2) is 0 Å². The Hall–Kier alpha value is -0.900. The SMILES string of the molecule is COCOC(=O)CCCCCC(C)=O. The maximum absolute atomic E-state index is 10.9. The van der Waals surface area contributed by atoms with E-state index in [1.807, 2.05) is 0 Å². The Morgan fingerprint density at radius 3 is 2.29 bits per heavy atom. The Morgan fingerprint density at radius 2 is 1.71 bits per heavy atom. The number of hydrogen-bond acceptors (Lipinski definition) is 4. The number of carbonyl (C=O) groups excluding carboxylic acids is 2. The number of unbranched alkanes of at least 4 members (excludes halogenated alkanes) is 2. The van der Waals surface area contributed by atoms with Gasteiger partial charge in [0.25, 0.3) is 0 Å². The molecule has 0 heterocycles. The zero-order chi connectivity index (χ0) is 10.8. The van der Waals surface area contributed by atoms with E-state index in [4.69, 9.17) is 4.74 Å². The van der Waals surface area contributed by atoms with Crippen molar-refractivity contribution in [1.82, 2.24) is 0 Å². The minimum Gasteiger partial charge on any atom is -0.438 e. The van der Waals surface area contributed by atoms with E-state index in [1.54, 1.807) is 6.92 Å². The first kappa shape index (κ1) is 13.1. The third-order valence-electron chi connectivity index (χ3n) is 1.75. The Labute approximate surface area is 84.6 Å². The largest absolute Gasteiger partial charge is 0.438 e. The molecule has 0 N–H and O–H groups in total. The molecule has 4 heteroatoms. The summed E-state index contributed by atoms with van der Waals surface area (Å²) in [4.78, 5) is 21.5. The average molecular weight is 202 g/mol. The zero-order valence-corrected chi connectivity index (χ0v) is 8.88. The molecule has 0 spiro atoms. The third kappa shape index (κ3) is 9.19. The fourth-order valence-corrected chi connectivity index (χ4v) is 1.02. The molecule has 0 atom stereocenters. The molecule has 0 aliphatic heterocycles. The van der Waals surface area contributed by atoms with Crippen LogP contribution in [0, 0.1) is 0 Å². The molecule has 0 unspecified atom stereocenters. The van der Waals surface area contributed by atoms with Crippen LogP contribution in [-0.4, -0.2) is 25.7 Å². The van der Waals surface area contributed by atoms with Gasteiger partial charge in [0.1, 0.15) is 5.78 Å². The first-order chi connectivity index (χ1) is 6.66. The highest BCUT2D eigenvalue weighted by atomic mass is 16.7. The maximum Gasteiger partial charge on any atom is 0.307 e. The van der Waals surface area contributed by atoms with Crippen molar-refractivity contribution in [1.29, 1.82) is 0 Å². The number of ketones is 1. The minimum atomic E-state index is -0.241. The molecule has 0 aliphatic carbocycles. The van der Waals surface area contributed by atoms with Crippen molar-refractivity contribution in [3.8, 4) is 0 Å². The number of methoxy groups -OCH3 is 1. The van der Waals surface area contributed by atoms with Crippen molar-refractivity contribution in [2.45, 2.75) is 39.0 Å². The second-order valence-electron chi connectivity index (χ2n) is 3.19. The zero-order valence-electron chi connectivity index (χ0n) is 8.88. The molecule has 0 fully saturated rings. The molecule has 0 aromatic heterocycles. The van der Waals surface area contributed by atoms with Crippen molar-refractivity contribution in [3.05, 3.63) is 0 Å². The van der Waals surface area contributed by atoms with Crippen LogP contribution in [0.3, 0.4) is 0 Å².